The van der Waals surface area contributed by atoms with Gasteiger partial charge in [-0.2, -0.15) is 31.3 Å². The number of hydrogen-bond donors (Lipinski definition) is 1. The van der Waals surface area contributed by atoms with Crippen LogP contribution in [0, 0.1) is 0 Å². The summed E-state index contributed by atoms with van der Waals surface area (Å²) in [6, 6.07) is 0.974. The lowest BCUT2D eigenvalue weighted by molar-refractivity contribution is -0.137. The average molecular weight is 524 g/mol. The topological polar surface area (TPSA) is 92.8 Å². The van der Waals surface area contributed by atoms with Crippen LogP contribution in [0.2, 0.25) is 10.0 Å². The van der Waals surface area contributed by atoms with Gasteiger partial charge in [0.25, 0.3) is 5.85 Å². The van der Waals surface area contributed by atoms with Crippen molar-refractivity contribution >= 4 is 52.1 Å². The fourth-order valence-corrected chi connectivity index (χ4v) is 4.50. The first-order chi connectivity index (χ1) is 14.8. The lowest BCUT2D eigenvalue weighted by Crippen LogP contribution is -2.52. The maximum atomic E-state index is 13.5. The highest BCUT2D eigenvalue weighted by atomic mass is 35.5. The molecule has 1 aromatic heterocycles. The van der Waals surface area contributed by atoms with Crippen molar-refractivity contribution in [1.29, 1.82) is 0 Å². The number of hydrogen-bond acceptors (Lipinski definition) is 8. The Morgan fingerprint density at radius 1 is 1.25 bits per heavy atom. The van der Waals surface area contributed by atoms with Crippen LogP contribution in [0.15, 0.2) is 32.9 Å². The van der Waals surface area contributed by atoms with E-state index in [1.54, 1.807) is 0 Å². The third-order valence-electron chi connectivity index (χ3n) is 4.10. The minimum atomic E-state index is -5.32. The van der Waals surface area contributed by atoms with E-state index in [0.29, 0.717) is 17.1 Å². The van der Waals surface area contributed by atoms with Crippen molar-refractivity contribution < 1.29 is 39.8 Å². The first-order valence-corrected chi connectivity index (χ1v) is 9.84. The molecule has 2 aromatic rings. The van der Waals surface area contributed by atoms with E-state index in [0.717, 1.165) is 13.5 Å². The van der Waals surface area contributed by atoms with E-state index in [9.17, 15) is 30.6 Å². The third kappa shape index (κ3) is 3.93. The number of nitrogens with one attached hydrogen (secondary N) is 1. The highest BCUT2D eigenvalue weighted by molar-refractivity contribution is 7.90. The number of aliphatic imine (C=N–C) groups is 1. The quantitative estimate of drug-likeness (QED) is 0.459. The van der Waals surface area contributed by atoms with E-state index in [1.165, 1.54) is 0 Å². The first kappa shape index (κ1) is 24.3. The Balaban J connectivity index is 2.29. The Labute approximate surface area is 187 Å². The molecule has 2 atom stereocenters. The van der Waals surface area contributed by atoms with Gasteiger partial charge in [-0.1, -0.05) is 28.4 Å². The minimum Gasteiger partial charge on any atom is -0.342 e. The van der Waals surface area contributed by atoms with Gasteiger partial charge in [-0.25, -0.2) is 14.2 Å². The number of benzene rings is 1. The van der Waals surface area contributed by atoms with Crippen LogP contribution in [-0.2, 0) is 21.7 Å². The van der Waals surface area contributed by atoms with Gasteiger partial charge >= 0.3 is 11.7 Å². The second kappa shape index (κ2) is 8.20. The molecule has 0 aliphatic carbocycles. The van der Waals surface area contributed by atoms with E-state index in [2.05, 4.69) is 31.8 Å². The van der Waals surface area contributed by atoms with Crippen molar-refractivity contribution in [1.82, 2.24) is 15.6 Å². The molecule has 17 heteroatoms. The van der Waals surface area contributed by atoms with E-state index in [-0.39, 0.29) is 0 Å². The lowest BCUT2D eigenvalue weighted by Gasteiger charge is -2.36. The molecule has 2 heterocycles. The molecule has 1 aliphatic rings. The molecule has 174 valence electrons. The molecule has 1 aromatic carbocycles. The molecule has 0 radical (unpaired) electrons. The standard InChI is InChI=1S/C15H9Cl2F6N5O3S/c1-24-14(30-2)11(32(29)15(21,22)23)9(12-25-5-31-27-12)26-28(14)10-7(16)3-6(4-8(10)17)13(18,19)20/h3-5,26H,1H2,2H3. The first-order valence-electron chi connectivity index (χ1n) is 7.94. The van der Waals surface area contributed by atoms with Gasteiger partial charge in [-0.3, -0.25) is 5.43 Å². The van der Waals surface area contributed by atoms with Gasteiger partial charge in [0.15, 0.2) is 10.8 Å². The van der Waals surface area contributed by atoms with Crippen LogP contribution in [0.5, 0.6) is 0 Å². The number of rotatable bonds is 5. The zero-order chi connectivity index (χ0) is 24.1. The molecule has 0 fully saturated rings. The van der Waals surface area contributed by atoms with E-state index in [4.69, 9.17) is 27.9 Å². The number of hydrazine groups is 1. The van der Waals surface area contributed by atoms with Gasteiger partial charge in [0.2, 0.25) is 12.2 Å². The van der Waals surface area contributed by atoms with Gasteiger partial charge in [0.1, 0.15) is 16.3 Å². The normalized spacial score (nSPS) is 20.5. The second-order valence-electron chi connectivity index (χ2n) is 5.88. The van der Waals surface area contributed by atoms with Gasteiger partial charge in [0.05, 0.1) is 15.6 Å². The Kier molecular flexibility index (Phi) is 6.23. The average Bonchev–Trinajstić information content (AvgIpc) is 3.31. The number of anilines is 1. The second-order valence-corrected chi connectivity index (χ2v) is 8.10. The number of ether oxygens (including phenoxy) is 1. The van der Waals surface area contributed by atoms with Crippen molar-refractivity contribution in [2.45, 2.75) is 17.5 Å². The third-order valence-corrected chi connectivity index (χ3v) is 5.93. The SMILES string of the molecule is C=NC1(OC)C(S(=O)C(F)(F)F)=C(c2ncon2)NN1c1c(Cl)cc(C(F)(F)F)cc1Cl. The summed E-state index contributed by atoms with van der Waals surface area (Å²) in [5.41, 5.74) is -5.28. The molecule has 0 bridgehead atoms. The minimum absolute atomic E-state index is 0.481. The van der Waals surface area contributed by atoms with Crippen molar-refractivity contribution in [3.05, 3.63) is 44.9 Å². The zero-order valence-corrected chi connectivity index (χ0v) is 17.7. The maximum Gasteiger partial charge on any atom is 0.475 e. The number of methoxy groups -OCH3 is 1. The number of halogens is 8. The van der Waals surface area contributed by atoms with Crippen LogP contribution in [0.25, 0.3) is 5.70 Å². The Bertz CT molecular complexity index is 1080. The van der Waals surface area contributed by atoms with Crippen LogP contribution < -0.4 is 10.4 Å². The number of aromatic nitrogens is 2. The number of nitrogens with zero attached hydrogens (tertiary/aromatic N) is 4. The summed E-state index contributed by atoms with van der Waals surface area (Å²) in [5, 5.41) is 2.74. The molecule has 0 amide bonds. The highest BCUT2D eigenvalue weighted by Crippen LogP contribution is 2.49. The molecule has 3 rings (SSSR count). The highest BCUT2D eigenvalue weighted by Gasteiger charge is 2.58. The largest absolute Gasteiger partial charge is 0.475 e. The van der Waals surface area contributed by atoms with E-state index >= 15 is 0 Å². The van der Waals surface area contributed by atoms with Gasteiger partial charge in [0, 0.05) is 7.11 Å². The van der Waals surface area contributed by atoms with Crippen LogP contribution in [0.3, 0.4) is 0 Å². The van der Waals surface area contributed by atoms with E-state index in [1.807, 2.05) is 0 Å². The molecule has 32 heavy (non-hydrogen) atoms. The summed E-state index contributed by atoms with van der Waals surface area (Å²) < 4.78 is 102. The van der Waals surface area contributed by atoms with Crippen LogP contribution >= 0.6 is 23.2 Å². The maximum absolute atomic E-state index is 13.5. The smallest absolute Gasteiger partial charge is 0.342 e. The van der Waals surface area contributed by atoms with Crippen molar-refractivity contribution in [2.75, 3.05) is 12.1 Å². The molecule has 0 saturated carbocycles. The van der Waals surface area contributed by atoms with Crippen molar-refractivity contribution in [3.8, 4) is 0 Å². The summed E-state index contributed by atoms with van der Waals surface area (Å²) in [5.74, 6) is -3.13. The van der Waals surface area contributed by atoms with Crippen LogP contribution in [-0.4, -0.2) is 39.5 Å². The predicted molar refractivity (Wildman–Crippen MR) is 102 cm³/mol. The van der Waals surface area contributed by atoms with Crippen molar-refractivity contribution in [2.24, 2.45) is 4.99 Å². The fraction of sp³-hybridized carbons (Fsp3) is 0.267. The lowest BCUT2D eigenvalue weighted by atomic mass is 10.2. The number of alkyl halides is 6. The molecule has 8 nitrogen and oxygen atoms in total. The summed E-state index contributed by atoms with van der Waals surface area (Å²) in [7, 11) is -2.90. The molecular formula is C15H9Cl2F6N5O3S. The molecule has 1 N–H and O–H groups in total. The molecule has 2 unspecified atom stereocenters. The van der Waals surface area contributed by atoms with Gasteiger partial charge < -0.3 is 9.26 Å². The zero-order valence-electron chi connectivity index (χ0n) is 15.4. The molecule has 0 saturated heterocycles. The molecule has 0 spiro atoms. The molecular weight excluding hydrogens is 515 g/mol. The summed E-state index contributed by atoms with van der Waals surface area (Å²) in [6.45, 7) is 3.19. The Hall–Kier alpha value is -2.36. The van der Waals surface area contributed by atoms with Gasteiger partial charge in [-0.15, -0.1) is 0 Å². The Morgan fingerprint density at radius 3 is 2.25 bits per heavy atom. The Morgan fingerprint density at radius 2 is 1.84 bits per heavy atom. The molecule has 1 aliphatic heterocycles. The summed E-state index contributed by atoms with van der Waals surface area (Å²) in [6.07, 6.45) is -4.05. The van der Waals surface area contributed by atoms with Crippen LogP contribution in [0.4, 0.5) is 32.0 Å². The van der Waals surface area contributed by atoms with E-state index < -0.39 is 66.1 Å². The summed E-state index contributed by atoms with van der Waals surface area (Å²) >= 11 is 12.0. The van der Waals surface area contributed by atoms with Gasteiger partial charge in [-0.05, 0) is 18.9 Å². The summed E-state index contributed by atoms with van der Waals surface area (Å²) in [4.78, 5) is 6.07. The fourth-order valence-electron chi connectivity index (χ4n) is 2.81. The van der Waals surface area contributed by atoms with Crippen molar-refractivity contribution in [3.63, 3.8) is 0 Å². The van der Waals surface area contributed by atoms with Crippen LogP contribution in [0.1, 0.15) is 11.4 Å². The monoisotopic (exact) mass is 523 g/mol. The predicted octanol–water partition coefficient (Wildman–Crippen LogP) is 4.36.